The maximum absolute atomic E-state index is 12.4. The van der Waals surface area contributed by atoms with Crippen LogP contribution in [0.5, 0.6) is 5.75 Å². The van der Waals surface area contributed by atoms with Crippen LogP contribution in [0.3, 0.4) is 0 Å². The largest absolute Gasteiger partial charge is 0.495 e. The van der Waals surface area contributed by atoms with E-state index in [9.17, 15) is 14.9 Å². The predicted octanol–water partition coefficient (Wildman–Crippen LogP) is 3.70. The van der Waals surface area contributed by atoms with Crippen molar-refractivity contribution in [3.63, 3.8) is 0 Å². The van der Waals surface area contributed by atoms with Crippen LogP contribution in [0, 0.1) is 10.1 Å². The van der Waals surface area contributed by atoms with Gasteiger partial charge in [-0.05, 0) is 44.2 Å². The highest BCUT2D eigenvalue weighted by molar-refractivity contribution is 6.05. The summed E-state index contributed by atoms with van der Waals surface area (Å²) in [6.45, 7) is 5.90. The summed E-state index contributed by atoms with van der Waals surface area (Å²) in [6, 6.07) is 11.3. The topological polar surface area (TPSA) is 84.7 Å². The van der Waals surface area contributed by atoms with Gasteiger partial charge in [-0.1, -0.05) is 0 Å². The number of anilines is 2. The number of methoxy groups -OCH3 is 1. The molecule has 0 aliphatic carbocycles. The van der Waals surface area contributed by atoms with Gasteiger partial charge in [0.2, 0.25) is 0 Å². The molecule has 0 saturated heterocycles. The van der Waals surface area contributed by atoms with Crippen molar-refractivity contribution in [1.29, 1.82) is 0 Å². The molecule has 132 valence electrons. The van der Waals surface area contributed by atoms with Gasteiger partial charge in [-0.25, -0.2) is 0 Å². The van der Waals surface area contributed by atoms with Gasteiger partial charge in [0.25, 0.3) is 11.6 Å². The SMILES string of the molecule is CCN(CC)c1ccc(C(=O)Nc2cc([N+](=O)[O-])ccc2OC)cc1. The average Bonchev–Trinajstić information content (AvgIpc) is 2.63. The Hall–Kier alpha value is -3.09. The predicted molar refractivity (Wildman–Crippen MR) is 97.6 cm³/mol. The van der Waals surface area contributed by atoms with Crippen molar-refractivity contribution < 1.29 is 14.5 Å². The van der Waals surface area contributed by atoms with Crippen LogP contribution < -0.4 is 15.0 Å². The van der Waals surface area contributed by atoms with Gasteiger partial charge in [-0.3, -0.25) is 14.9 Å². The van der Waals surface area contributed by atoms with Crippen LogP contribution in [0.2, 0.25) is 0 Å². The second-order valence-corrected chi connectivity index (χ2v) is 5.31. The summed E-state index contributed by atoms with van der Waals surface area (Å²) in [6.07, 6.45) is 0. The number of nitrogens with zero attached hydrogens (tertiary/aromatic N) is 2. The zero-order valence-electron chi connectivity index (χ0n) is 14.5. The molecule has 0 aromatic heterocycles. The number of nitrogens with one attached hydrogen (secondary N) is 1. The van der Waals surface area contributed by atoms with Gasteiger partial charge in [-0.2, -0.15) is 0 Å². The molecule has 2 aromatic carbocycles. The third-order valence-electron chi connectivity index (χ3n) is 3.90. The van der Waals surface area contributed by atoms with Gasteiger partial charge in [0.1, 0.15) is 5.75 Å². The minimum absolute atomic E-state index is 0.118. The normalized spacial score (nSPS) is 10.2. The molecule has 0 radical (unpaired) electrons. The lowest BCUT2D eigenvalue weighted by atomic mass is 10.1. The summed E-state index contributed by atoms with van der Waals surface area (Å²) in [5.41, 5.74) is 1.64. The Morgan fingerprint density at radius 1 is 1.16 bits per heavy atom. The van der Waals surface area contributed by atoms with Gasteiger partial charge in [0.15, 0.2) is 0 Å². The third kappa shape index (κ3) is 4.26. The summed E-state index contributed by atoms with van der Waals surface area (Å²) in [5, 5.41) is 13.6. The van der Waals surface area contributed by atoms with Gasteiger partial charge in [-0.15, -0.1) is 0 Å². The lowest BCUT2D eigenvalue weighted by Crippen LogP contribution is -2.21. The molecule has 2 rings (SSSR count). The zero-order valence-corrected chi connectivity index (χ0v) is 14.5. The average molecular weight is 343 g/mol. The number of rotatable bonds is 7. The van der Waals surface area contributed by atoms with Crippen molar-refractivity contribution in [1.82, 2.24) is 0 Å². The second kappa shape index (κ2) is 8.14. The van der Waals surface area contributed by atoms with Crippen LogP contribution in [-0.2, 0) is 0 Å². The molecule has 7 nitrogen and oxygen atoms in total. The van der Waals surface area contributed by atoms with Gasteiger partial charge < -0.3 is 15.0 Å². The van der Waals surface area contributed by atoms with E-state index in [4.69, 9.17) is 4.74 Å². The zero-order chi connectivity index (χ0) is 18.4. The number of nitro groups is 1. The molecule has 1 N–H and O–H groups in total. The van der Waals surface area contributed by atoms with Crippen molar-refractivity contribution in [3.8, 4) is 5.75 Å². The van der Waals surface area contributed by atoms with Crippen molar-refractivity contribution in [2.45, 2.75) is 13.8 Å². The minimum Gasteiger partial charge on any atom is -0.495 e. The number of carbonyl (C=O) groups excluding carboxylic acids is 1. The Morgan fingerprint density at radius 3 is 2.32 bits per heavy atom. The molecular weight excluding hydrogens is 322 g/mol. The molecule has 0 saturated carbocycles. The van der Waals surface area contributed by atoms with E-state index in [1.165, 1.54) is 25.3 Å². The molecule has 0 fully saturated rings. The molecule has 7 heteroatoms. The molecule has 0 atom stereocenters. The molecule has 1 amide bonds. The van der Waals surface area contributed by atoms with E-state index in [2.05, 4.69) is 24.1 Å². The van der Waals surface area contributed by atoms with E-state index >= 15 is 0 Å². The van der Waals surface area contributed by atoms with E-state index in [-0.39, 0.29) is 17.3 Å². The lowest BCUT2D eigenvalue weighted by Gasteiger charge is -2.21. The quantitative estimate of drug-likeness (QED) is 0.612. The molecule has 0 aliphatic rings. The van der Waals surface area contributed by atoms with E-state index in [1.54, 1.807) is 12.1 Å². The van der Waals surface area contributed by atoms with Crippen LogP contribution in [0.25, 0.3) is 0 Å². The number of non-ortho nitro benzene ring substituents is 1. The lowest BCUT2D eigenvalue weighted by molar-refractivity contribution is -0.384. The Bertz CT molecular complexity index is 755. The number of amides is 1. The molecule has 25 heavy (non-hydrogen) atoms. The summed E-state index contributed by atoms with van der Waals surface area (Å²) >= 11 is 0. The number of hydrogen-bond donors (Lipinski definition) is 1. The first kappa shape index (κ1) is 18.3. The summed E-state index contributed by atoms with van der Waals surface area (Å²) < 4.78 is 5.15. The first-order valence-corrected chi connectivity index (χ1v) is 7.98. The number of benzene rings is 2. The standard InChI is InChI=1S/C18H21N3O4/c1-4-20(5-2)14-8-6-13(7-9-14)18(22)19-16-12-15(21(23)24)10-11-17(16)25-3/h6-12H,4-5H2,1-3H3,(H,19,22). The highest BCUT2D eigenvalue weighted by atomic mass is 16.6. The van der Waals surface area contributed by atoms with Crippen molar-refractivity contribution in [2.75, 3.05) is 30.4 Å². The number of hydrogen-bond acceptors (Lipinski definition) is 5. The molecule has 0 heterocycles. The summed E-state index contributed by atoms with van der Waals surface area (Å²) in [5.74, 6) is 0.00334. The highest BCUT2D eigenvalue weighted by Crippen LogP contribution is 2.29. The van der Waals surface area contributed by atoms with E-state index in [0.717, 1.165) is 18.8 Å². The smallest absolute Gasteiger partial charge is 0.271 e. The second-order valence-electron chi connectivity index (χ2n) is 5.31. The summed E-state index contributed by atoms with van der Waals surface area (Å²) in [4.78, 5) is 25.0. The highest BCUT2D eigenvalue weighted by Gasteiger charge is 2.15. The van der Waals surface area contributed by atoms with Crippen LogP contribution in [0.4, 0.5) is 17.1 Å². The van der Waals surface area contributed by atoms with E-state index in [1.807, 2.05) is 12.1 Å². The number of ether oxygens (including phenoxy) is 1. The van der Waals surface area contributed by atoms with Crippen LogP contribution in [0.1, 0.15) is 24.2 Å². The van der Waals surface area contributed by atoms with Crippen molar-refractivity contribution >= 4 is 23.0 Å². The van der Waals surface area contributed by atoms with Gasteiger partial charge in [0.05, 0.1) is 17.7 Å². The van der Waals surface area contributed by atoms with Gasteiger partial charge in [0, 0.05) is 36.5 Å². The van der Waals surface area contributed by atoms with Crippen molar-refractivity contribution in [2.24, 2.45) is 0 Å². The number of carbonyl (C=O) groups is 1. The van der Waals surface area contributed by atoms with Gasteiger partial charge >= 0.3 is 0 Å². The Kier molecular flexibility index (Phi) is 5.94. The maximum atomic E-state index is 12.4. The Morgan fingerprint density at radius 2 is 1.80 bits per heavy atom. The number of nitro benzene ring substituents is 1. The first-order chi connectivity index (χ1) is 12.0. The monoisotopic (exact) mass is 343 g/mol. The van der Waals surface area contributed by atoms with Crippen molar-refractivity contribution in [3.05, 3.63) is 58.1 Å². The minimum atomic E-state index is -0.520. The van der Waals surface area contributed by atoms with Crippen LogP contribution in [0.15, 0.2) is 42.5 Å². The van der Waals surface area contributed by atoms with E-state index in [0.29, 0.717) is 11.3 Å². The fraction of sp³-hybridized carbons (Fsp3) is 0.278. The Labute approximate surface area is 146 Å². The van der Waals surface area contributed by atoms with Crippen LogP contribution >= 0.6 is 0 Å². The van der Waals surface area contributed by atoms with E-state index < -0.39 is 4.92 Å². The molecule has 0 unspecified atom stereocenters. The maximum Gasteiger partial charge on any atom is 0.271 e. The fourth-order valence-corrected chi connectivity index (χ4v) is 2.51. The Balaban J connectivity index is 2.22. The molecular formula is C18H21N3O4. The molecule has 0 spiro atoms. The first-order valence-electron chi connectivity index (χ1n) is 7.98. The molecule has 0 aliphatic heterocycles. The molecule has 2 aromatic rings. The summed E-state index contributed by atoms with van der Waals surface area (Å²) in [7, 11) is 1.44. The fourth-order valence-electron chi connectivity index (χ4n) is 2.51. The molecule has 0 bridgehead atoms. The third-order valence-corrected chi connectivity index (χ3v) is 3.90. The van der Waals surface area contributed by atoms with Crippen LogP contribution in [-0.4, -0.2) is 31.0 Å².